The number of alkyl halides is 2. The molecule has 0 spiro atoms. The number of aromatic nitrogens is 6. The van der Waals surface area contributed by atoms with Crippen LogP contribution in [0, 0.1) is 5.82 Å². The van der Waals surface area contributed by atoms with Crippen LogP contribution in [0.5, 0.6) is 0 Å². The number of anilines is 1. The first-order chi connectivity index (χ1) is 16.9. The first kappa shape index (κ1) is 22.9. The van der Waals surface area contributed by atoms with Crippen LogP contribution >= 0.6 is 0 Å². The van der Waals surface area contributed by atoms with Gasteiger partial charge in [-0.3, -0.25) is 0 Å². The van der Waals surface area contributed by atoms with E-state index in [-0.39, 0.29) is 17.4 Å². The Morgan fingerprint density at radius 1 is 1.03 bits per heavy atom. The molecule has 35 heavy (non-hydrogen) atoms. The van der Waals surface area contributed by atoms with Crippen molar-refractivity contribution in [2.45, 2.75) is 44.6 Å². The van der Waals surface area contributed by atoms with Gasteiger partial charge in [-0.15, -0.1) is 10.2 Å². The highest BCUT2D eigenvalue weighted by atomic mass is 19.3. The first-order valence-electron chi connectivity index (χ1n) is 11.5. The molecule has 10 heteroatoms. The molecule has 0 amide bonds. The Morgan fingerprint density at radius 3 is 2.49 bits per heavy atom. The van der Waals surface area contributed by atoms with Crippen molar-refractivity contribution in [1.29, 1.82) is 0 Å². The summed E-state index contributed by atoms with van der Waals surface area (Å²) >= 11 is 0. The van der Waals surface area contributed by atoms with E-state index in [2.05, 4.69) is 30.6 Å². The molecule has 180 valence electrons. The number of halogens is 3. The molecule has 0 bridgehead atoms. The number of benzene rings is 2. The predicted molar refractivity (Wildman–Crippen MR) is 124 cm³/mol. The van der Waals surface area contributed by atoms with Crippen LogP contribution in [0.2, 0.25) is 0 Å². The molecule has 2 aromatic heterocycles. The van der Waals surface area contributed by atoms with Gasteiger partial charge in [-0.05, 0) is 42.0 Å². The second kappa shape index (κ2) is 9.44. The molecule has 7 nitrogen and oxygen atoms in total. The second-order valence-corrected chi connectivity index (χ2v) is 8.75. The lowest BCUT2D eigenvalue weighted by Gasteiger charge is -2.27. The summed E-state index contributed by atoms with van der Waals surface area (Å²) < 4.78 is 42.7. The van der Waals surface area contributed by atoms with Crippen LogP contribution in [-0.4, -0.2) is 37.1 Å². The van der Waals surface area contributed by atoms with E-state index in [1.807, 2.05) is 29.2 Å². The molecule has 1 saturated heterocycles. The summed E-state index contributed by atoms with van der Waals surface area (Å²) in [4.78, 5) is 10.4. The maximum absolute atomic E-state index is 15.5. The average molecular weight is 480 g/mol. The van der Waals surface area contributed by atoms with Crippen LogP contribution in [0.15, 0.2) is 54.9 Å². The SMILES string of the molecule is CC(F)(F)c1ccc(C2CCCN2c2ncnc(CCc3ccc(-c4nn[nH]n4)cc3)c2F)cc1. The smallest absolute Gasteiger partial charge is 0.270 e. The number of hydrogen-bond acceptors (Lipinski definition) is 6. The Bertz CT molecular complexity index is 1270. The highest BCUT2D eigenvalue weighted by Crippen LogP contribution is 2.37. The van der Waals surface area contributed by atoms with E-state index < -0.39 is 11.7 Å². The molecule has 1 aliphatic rings. The quantitative estimate of drug-likeness (QED) is 0.400. The van der Waals surface area contributed by atoms with Crippen molar-refractivity contribution in [1.82, 2.24) is 30.6 Å². The standard InChI is InChI=1S/C25H24F3N7/c1-25(27,28)19-11-9-17(10-12-19)21-3-2-14-35(21)24-22(26)20(29-15-30-24)13-6-16-4-7-18(8-5-16)23-31-33-34-32-23/h4-5,7-12,15,21H,2-3,6,13-14H2,1H3,(H,31,32,33,34). The molecule has 0 saturated carbocycles. The summed E-state index contributed by atoms with van der Waals surface area (Å²) in [5, 5.41) is 13.9. The number of nitrogens with zero attached hydrogens (tertiary/aromatic N) is 6. The van der Waals surface area contributed by atoms with Gasteiger partial charge in [-0.2, -0.15) is 5.21 Å². The lowest BCUT2D eigenvalue weighted by molar-refractivity contribution is 0.0174. The largest absolute Gasteiger partial charge is 0.347 e. The van der Waals surface area contributed by atoms with Gasteiger partial charge in [0, 0.05) is 24.6 Å². The van der Waals surface area contributed by atoms with E-state index in [0.717, 1.165) is 36.5 Å². The van der Waals surface area contributed by atoms with Crippen LogP contribution in [-0.2, 0) is 18.8 Å². The van der Waals surface area contributed by atoms with Crippen molar-refractivity contribution in [3.63, 3.8) is 0 Å². The molecular weight excluding hydrogens is 455 g/mol. The highest BCUT2D eigenvalue weighted by molar-refractivity contribution is 5.54. The van der Waals surface area contributed by atoms with E-state index in [1.165, 1.54) is 18.5 Å². The minimum absolute atomic E-state index is 0.0355. The average Bonchev–Trinajstić information content (AvgIpc) is 3.56. The molecule has 0 radical (unpaired) electrons. The fourth-order valence-corrected chi connectivity index (χ4v) is 4.50. The van der Waals surface area contributed by atoms with Gasteiger partial charge in [0.1, 0.15) is 6.33 Å². The van der Waals surface area contributed by atoms with Crippen LogP contribution < -0.4 is 4.90 Å². The molecule has 1 aliphatic heterocycles. The fourth-order valence-electron chi connectivity index (χ4n) is 4.50. The molecule has 3 heterocycles. The molecule has 1 fully saturated rings. The number of tetrazole rings is 1. The number of rotatable bonds is 7. The molecule has 0 aliphatic carbocycles. The normalized spacial score (nSPS) is 16.1. The molecule has 2 aromatic carbocycles. The molecule has 4 aromatic rings. The Morgan fingerprint density at radius 2 is 1.80 bits per heavy atom. The van der Waals surface area contributed by atoms with E-state index in [0.29, 0.717) is 30.9 Å². The molecule has 1 N–H and O–H groups in total. The number of aryl methyl sites for hydroxylation is 2. The van der Waals surface area contributed by atoms with Crippen LogP contribution in [0.25, 0.3) is 11.4 Å². The van der Waals surface area contributed by atoms with Crippen molar-refractivity contribution in [3.8, 4) is 11.4 Å². The van der Waals surface area contributed by atoms with Gasteiger partial charge in [0.15, 0.2) is 11.6 Å². The number of hydrogen-bond donors (Lipinski definition) is 1. The van der Waals surface area contributed by atoms with Gasteiger partial charge in [0.25, 0.3) is 5.92 Å². The Hall–Kier alpha value is -3.82. The van der Waals surface area contributed by atoms with Crippen molar-refractivity contribution >= 4 is 5.82 Å². The summed E-state index contributed by atoms with van der Waals surface area (Å²) in [5.74, 6) is -2.55. The van der Waals surface area contributed by atoms with Crippen molar-refractivity contribution in [3.05, 3.63) is 83.1 Å². The maximum Gasteiger partial charge on any atom is 0.270 e. The van der Waals surface area contributed by atoms with Crippen LogP contribution in [0.4, 0.5) is 19.0 Å². The van der Waals surface area contributed by atoms with Crippen LogP contribution in [0.1, 0.15) is 48.2 Å². The Labute approximate surface area is 200 Å². The predicted octanol–water partition coefficient (Wildman–Crippen LogP) is 5.03. The fraction of sp³-hybridized carbons (Fsp3) is 0.320. The molecular formula is C25H24F3N7. The third-order valence-electron chi connectivity index (χ3n) is 6.38. The molecule has 1 atom stereocenters. The summed E-state index contributed by atoms with van der Waals surface area (Å²) in [7, 11) is 0. The zero-order chi connectivity index (χ0) is 24.4. The monoisotopic (exact) mass is 479 g/mol. The molecule has 5 rings (SSSR count). The lowest BCUT2D eigenvalue weighted by atomic mass is 10.0. The van der Waals surface area contributed by atoms with Gasteiger partial charge in [0.05, 0.1) is 11.7 Å². The maximum atomic E-state index is 15.5. The van der Waals surface area contributed by atoms with Gasteiger partial charge in [-0.1, -0.05) is 48.5 Å². The van der Waals surface area contributed by atoms with E-state index in [4.69, 9.17) is 0 Å². The third kappa shape index (κ3) is 4.87. The van der Waals surface area contributed by atoms with Crippen molar-refractivity contribution < 1.29 is 13.2 Å². The van der Waals surface area contributed by atoms with Gasteiger partial charge in [0.2, 0.25) is 5.82 Å². The summed E-state index contributed by atoms with van der Waals surface area (Å²) in [6, 6.07) is 13.9. The van der Waals surface area contributed by atoms with Crippen molar-refractivity contribution in [2.24, 2.45) is 0 Å². The number of aromatic amines is 1. The summed E-state index contributed by atoms with van der Waals surface area (Å²) in [6.45, 7) is 1.52. The second-order valence-electron chi connectivity index (χ2n) is 8.75. The summed E-state index contributed by atoms with van der Waals surface area (Å²) in [6.07, 6.45) is 4.08. The Balaban J connectivity index is 1.31. The zero-order valence-corrected chi connectivity index (χ0v) is 19.1. The van der Waals surface area contributed by atoms with Crippen molar-refractivity contribution in [2.75, 3.05) is 11.4 Å². The number of nitrogens with one attached hydrogen (secondary N) is 1. The third-order valence-corrected chi connectivity index (χ3v) is 6.38. The minimum Gasteiger partial charge on any atom is -0.347 e. The Kier molecular flexibility index (Phi) is 6.19. The van der Waals surface area contributed by atoms with Crippen LogP contribution in [0.3, 0.4) is 0 Å². The molecule has 1 unspecified atom stereocenters. The highest BCUT2D eigenvalue weighted by Gasteiger charge is 2.31. The van der Waals surface area contributed by atoms with E-state index in [1.54, 1.807) is 12.1 Å². The first-order valence-corrected chi connectivity index (χ1v) is 11.5. The van der Waals surface area contributed by atoms with E-state index >= 15 is 4.39 Å². The van der Waals surface area contributed by atoms with Gasteiger partial charge in [-0.25, -0.2) is 23.1 Å². The minimum atomic E-state index is -2.89. The van der Waals surface area contributed by atoms with Gasteiger partial charge < -0.3 is 4.90 Å². The zero-order valence-electron chi connectivity index (χ0n) is 19.1. The lowest BCUT2D eigenvalue weighted by Crippen LogP contribution is -2.25. The topological polar surface area (TPSA) is 83.5 Å². The summed E-state index contributed by atoms with van der Waals surface area (Å²) in [5.41, 5.74) is 3.06. The van der Waals surface area contributed by atoms with E-state index in [9.17, 15) is 8.78 Å². The number of H-pyrrole nitrogens is 1. The van der Waals surface area contributed by atoms with Gasteiger partial charge >= 0.3 is 0 Å².